The summed E-state index contributed by atoms with van der Waals surface area (Å²) >= 11 is 1.58. The highest BCUT2D eigenvalue weighted by molar-refractivity contribution is 7.20. The highest BCUT2D eigenvalue weighted by atomic mass is 32.1. The van der Waals surface area contributed by atoms with Crippen LogP contribution in [0.5, 0.6) is 0 Å². The van der Waals surface area contributed by atoms with Crippen molar-refractivity contribution >= 4 is 27.5 Å². The Hall–Kier alpha value is -2.99. The molecule has 0 radical (unpaired) electrons. The normalized spacial score (nSPS) is 14.5. The molecular formula is C22H20N4OS. The van der Waals surface area contributed by atoms with Crippen molar-refractivity contribution in [2.24, 2.45) is 0 Å². The largest absolute Gasteiger partial charge is 0.337 e. The number of aromatic nitrogens is 3. The van der Waals surface area contributed by atoms with E-state index in [4.69, 9.17) is 10.1 Å². The third-order valence-corrected chi connectivity index (χ3v) is 6.12. The predicted octanol–water partition coefficient (Wildman–Crippen LogP) is 4.78. The van der Waals surface area contributed by atoms with E-state index in [2.05, 4.69) is 6.07 Å². The quantitative estimate of drug-likeness (QED) is 0.508. The van der Waals surface area contributed by atoms with Gasteiger partial charge in [0.25, 0.3) is 5.91 Å². The van der Waals surface area contributed by atoms with E-state index in [1.165, 1.54) is 6.42 Å². The molecule has 140 valence electrons. The number of carbonyl (C=O) groups excluding carboxylic acids is 1. The molecule has 0 aliphatic carbocycles. The standard InChI is InChI=1S/C22H20N4OS/c27-21(25-13-7-2-8-14-25)18-15-19(16-9-3-1-4-10-16)26(24-18)22-23-17-11-5-6-12-20(17)28-22/h1,3-6,9-12,15H,2,7-8,13-14H2. The van der Waals surface area contributed by atoms with Gasteiger partial charge < -0.3 is 4.90 Å². The Morgan fingerprint density at radius 1 is 0.929 bits per heavy atom. The number of amides is 1. The van der Waals surface area contributed by atoms with Crippen LogP contribution in [0.15, 0.2) is 60.7 Å². The molecule has 0 atom stereocenters. The third-order valence-electron chi connectivity index (χ3n) is 5.11. The van der Waals surface area contributed by atoms with Gasteiger partial charge in [0.15, 0.2) is 5.69 Å². The van der Waals surface area contributed by atoms with Crippen LogP contribution in [-0.2, 0) is 0 Å². The maximum absolute atomic E-state index is 13.0. The molecule has 1 saturated heterocycles. The second kappa shape index (κ2) is 7.20. The summed E-state index contributed by atoms with van der Waals surface area (Å²) < 4.78 is 2.92. The van der Waals surface area contributed by atoms with Crippen molar-refractivity contribution in [1.82, 2.24) is 19.7 Å². The molecule has 1 aliphatic heterocycles. The third kappa shape index (κ3) is 3.10. The first-order valence-electron chi connectivity index (χ1n) is 9.60. The second-order valence-electron chi connectivity index (χ2n) is 7.01. The Morgan fingerprint density at radius 2 is 1.68 bits per heavy atom. The van der Waals surface area contributed by atoms with Crippen molar-refractivity contribution < 1.29 is 4.79 Å². The van der Waals surface area contributed by atoms with E-state index in [-0.39, 0.29) is 5.91 Å². The first-order chi connectivity index (χ1) is 13.8. The molecule has 0 spiro atoms. The Morgan fingerprint density at radius 3 is 2.46 bits per heavy atom. The topological polar surface area (TPSA) is 51.0 Å². The number of hydrogen-bond acceptors (Lipinski definition) is 4. The molecular weight excluding hydrogens is 368 g/mol. The fourth-order valence-electron chi connectivity index (χ4n) is 3.66. The van der Waals surface area contributed by atoms with E-state index >= 15 is 0 Å². The number of benzene rings is 2. The number of carbonyl (C=O) groups is 1. The zero-order valence-electron chi connectivity index (χ0n) is 15.4. The van der Waals surface area contributed by atoms with Crippen LogP contribution in [0.2, 0.25) is 0 Å². The van der Waals surface area contributed by atoms with Crippen LogP contribution in [0.25, 0.3) is 26.6 Å². The van der Waals surface area contributed by atoms with Gasteiger partial charge in [-0.25, -0.2) is 9.67 Å². The highest BCUT2D eigenvalue weighted by Gasteiger charge is 2.24. The first-order valence-corrected chi connectivity index (χ1v) is 10.4. The van der Waals surface area contributed by atoms with Gasteiger partial charge in [-0.15, -0.1) is 0 Å². The van der Waals surface area contributed by atoms with Crippen molar-refractivity contribution in [3.63, 3.8) is 0 Å². The Balaban J connectivity index is 1.62. The smallest absolute Gasteiger partial charge is 0.274 e. The van der Waals surface area contributed by atoms with Gasteiger partial charge in [0.05, 0.1) is 15.9 Å². The van der Waals surface area contributed by atoms with Gasteiger partial charge in [0.1, 0.15) is 0 Å². The molecule has 3 heterocycles. The van der Waals surface area contributed by atoms with E-state index in [1.807, 2.05) is 64.2 Å². The number of rotatable bonds is 3. The van der Waals surface area contributed by atoms with Crippen LogP contribution >= 0.6 is 11.3 Å². The van der Waals surface area contributed by atoms with E-state index in [0.717, 1.165) is 52.5 Å². The van der Waals surface area contributed by atoms with Gasteiger partial charge in [0, 0.05) is 18.7 Å². The van der Waals surface area contributed by atoms with Crippen LogP contribution < -0.4 is 0 Å². The van der Waals surface area contributed by atoms with Crippen molar-refractivity contribution in [1.29, 1.82) is 0 Å². The lowest BCUT2D eigenvalue weighted by atomic mass is 10.1. The maximum atomic E-state index is 13.0. The number of fused-ring (bicyclic) bond motifs is 1. The summed E-state index contributed by atoms with van der Waals surface area (Å²) in [6.45, 7) is 1.63. The van der Waals surface area contributed by atoms with E-state index in [9.17, 15) is 4.79 Å². The average Bonchev–Trinajstić information content (AvgIpc) is 3.39. The number of para-hydroxylation sites is 1. The highest BCUT2D eigenvalue weighted by Crippen LogP contribution is 2.30. The van der Waals surface area contributed by atoms with Gasteiger partial charge >= 0.3 is 0 Å². The molecule has 0 N–H and O–H groups in total. The summed E-state index contributed by atoms with van der Waals surface area (Å²) in [6.07, 6.45) is 3.32. The van der Waals surface area contributed by atoms with Crippen molar-refractivity contribution in [3.8, 4) is 16.4 Å². The van der Waals surface area contributed by atoms with E-state index in [0.29, 0.717) is 5.69 Å². The molecule has 2 aromatic heterocycles. The van der Waals surface area contributed by atoms with Crippen molar-refractivity contribution in [2.75, 3.05) is 13.1 Å². The zero-order valence-corrected chi connectivity index (χ0v) is 16.2. The van der Waals surface area contributed by atoms with Gasteiger partial charge in [-0.2, -0.15) is 5.10 Å². The van der Waals surface area contributed by atoms with Gasteiger partial charge in [-0.3, -0.25) is 4.79 Å². The number of thiazole rings is 1. The lowest BCUT2D eigenvalue weighted by Crippen LogP contribution is -2.35. The summed E-state index contributed by atoms with van der Waals surface area (Å²) in [5, 5.41) is 5.48. The predicted molar refractivity (Wildman–Crippen MR) is 112 cm³/mol. The van der Waals surface area contributed by atoms with Crippen LogP contribution in [0, 0.1) is 0 Å². The fraction of sp³-hybridized carbons (Fsp3) is 0.227. The molecule has 6 heteroatoms. The summed E-state index contributed by atoms with van der Waals surface area (Å²) in [6, 6.07) is 20.0. The fourth-order valence-corrected chi connectivity index (χ4v) is 4.59. The molecule has 0 bridgehead atoms. The van der Waals surface area contributed by atoms with E-state index in [1.54, 1.807) is 11.3 Å². The molecule has 5 nitrogen and oxygen atoms in total. The van der Waals surface area contributed by atoms with Crippen LogP contribution in [0.3, 0.4) is 0 Å². The Bertz CT molecular complexity index is 1090. The molecule has 28 heavy (non-hydrogen) atoms. The first kappa shape index (κ1) is 17.1. The summed E-state index contributed by atoms with van der Waals surface area (Å²) in [5.74, 6) is 0.0109. The minimum absolute atomic E-state index is 0.0109. The Labute approximate surface area is 167 Å². The maximum Gasteiger partial charge on any atom is 0.274 e. The number of likely N-dealkylation sites (tertiary alicyclic amines) is 1. The van der Waals surface area contributed by atoms with Crippen LogP contribution in [0.4, 0.5) is 0 Å². The molecule has 1 fully saturated rings. The summed E-state index contributed by atoms with van der Waals surface area (Å²) in [5.41, 5.74) is 3.34. The van der Waals surface area contributed by atoms with Gasteiger partial charge in [-0.1, -0.05) is 53.8 Å². The Kier molecular flexibility index (Phi) is 4.41. The van der Waals surface area contributed by atoms with Crippen molar-refractivity contribution in [3.05, 3.63) is 66.4 Å². The van der Waals surface area contributed by atoms with Gasteiger partial charge in [-0.05, 0) is 37.5 Å². The molecule has 1 aliphatic rings. The monoisotopic (exact) mass is 388 g/mol. The molecule has 2 aromatic carbocycles. The summed E-state index contributed by atoms with van der Waals surface area (Å²) in [4.78, 5) is 19.7. The van der Waals surface area contributed by atoms with Crippen LogP contribution in [0.1, 0.15) is 29.8 Å². The second-order valence-corrected chi connectivity index (χ2v) is 8.02. The lowest BCUT2D eigenvalue weighted by molar-refractivity contribution is 0.0718. The molecule has 5 rings (SSSR count). The number of hydrogen-bond donors (Lipinski definition) is 0. The lowest BCUT2D eigenvalue weighted by Gasteiger charge is -2.25. The minimum atomic E-state index is 0.0109. The molecule has 0 unspecified atom stereocenters. The number of piperidine rings is 1. The zero-order chi connectivity index (χ0) is 18.9. The van der Waals surface area contributed by atoms with Crippen molar-refractivity contribution in [2.45, 2.75) is 19.3 Å². The number of nitrogens with zero attached hydrogens (tertiary/aromatic N) is 4. The summed E-state index contributed by atoms with van der Waals surface area (Å²) in [7, 11) is 0. The SMILES string of the molecule is O=C(c1cc(-c2ccccc2)n(-c2nc3ccccc3s2)n1)N1CCCCC1. The minimum Gasteiger partial charge on any atom is -0.337 e. The average molecular weight is 388 g/mol. The van der Waals surface area contributed by atoms with Crippen LogP contribution in [-0.4, -0.2) is 38.7 Å². The molecule has 0 saturated carbocycles. The molecule has 1 amide bonds. The van der Waals surface area contributed by atoms with E-state index < -0.39 is 0 Å². The molecule has 4 aromatic rings. The van der Waals surface area contributed by atoms with Gasteiger partial charge in [0.2, 0.25) is 5.13 Å².